The van der Waals surface area contributed by atoms with Crippen LogP contribution in [0.3, 0.4) is 0 Å². The minimum Gasteiger partial charge on any atom is -0.493 e. The molecule has 12 heteroatoms. The number of carbonyl (C=O) groups excluding carboxylic acids is 1. The Morgan fingerprint density at radius 2 is 2.03 bits per heavy atom. The maximum Gasteiger partial charge on any atom is 0.273 e. The van der Waals surface area contributed by atoms with Crippen molar-refractivity contribution in [2.24, 2.45) is 0 Å². The predicted molar refractivity (Wildman–Crippen MR) is 135 cm³/mol. The molecule has 1 aliphatic heterocycles. The van der Waals surface area contributed by atoms with E-state index in [1.165, 1.54) is 30.3 Å². The number of anilines is 1. The van der Waals surface area contributed by atoms with Crippen LogP contribution in [0.25, 0.3) is 0 Å². The largest absolute Gasteiger partial charge is 0.493 e. The third-order valence-corrected chi connectivity index (χ3v) is 7.28. The standard InChI is InChI=1S/C24H25ClN6O4S/c1-4-6-21-27-14(3)22-24(32)28-23(29-31(21)22)18-12-17(9-10-20(18)35-5-2)36(33,34)30-16-8-7-15(13-26)19(25)11-16/h7-12,23,29-30H,4-6H2,1-3H3,(H,28,32). The van der Waals surface area contributed by atoms with E-state index in [0.717, 1.165) is 6.42 Å². The van der Waals surface area contributed by atoms with Gasteiger partial charge in [-0.1, -0.05) is 18.5 Å². The maximum absolute atomic E-state index is 13.2. The van der Waals surface area contributed by atoms with E-state index in [-0.39, 0.29) is 27.1 Å². The van der Waals surface area contributed by atoms with Crippen molar-refractivity contribution >= 4 is 33.2 Å². The lowest BCUT2D eigenvalue weighted by atomic mass is 10.1. The van der Waals surface area contributed by atoms with Gasteiger partial charge in [0.25, 0.3) is 15.9 Å². The summed E-state index contributed by atoms with van der Waals surface area (Å²) in [5.74, 6) is 0.811. The van der Waals surface area contributed by atoms with Gasteiger partial charge in [0, 0.05) is 12.0 Å². The summed E-state index contributed by atoms with van der Waals surface area (Å²) >= 11 is 6.05. The Labute approximate surface area is 214 Å². The SMILES string of the molecule is CCCc1nc(C)c2n1NC(c1cc(S(=O)(=O)Nc3ccc(C#N)c(Cl)c3)ccc1OCC)NC2=O. The van der Waals surface area contributed by atoms with Gasteiger partial charge in [-0.25, -0.2) is 18.1 Å². The Balaban J connectivity index is 1.72. The third-order valence-electron chi connectivity index (χ3n) is 5.59. The summed E-state index contributed by atoms with van der Waals surface area (Å²) in [7, 11) is -4.04. The Hall–Kier alpha value is -3.75. The molecule has 188 valence electrons. The number of nitrogens with zero attached hydrogens (tertiary/aromatic N) is 3. The average Bonchev–Trinajstić information content (AvgIpc) is 3.15. The first-order valence-electron chi connectivity index (χ1n) is 11.3. The van der Waals surface area contributed by atoms with Gasteiger partial charge in [0.2, 0.25) is 0 Å². The van der Waals surface area contributed by atoms with E-state index in [4.69, 9.17) is 21.6 Å². The second-order valence-electron chi connectivity index (χ2n) is 8.13. The zero-order valence-electron chi connectivity index (χ0n) is 19.9. The van der Waals surface area contributed by atoms with Crippen molar-refractivity contribution < 1.29 is 17.9 Å². The summed E-state index contributed by atoms with van der Waals surface area (Å²) < 4.78 is 36.3. The molecule has 4 rings (SSSR count). The van der Waals surface area contributed by atoms with Crippen molar-refractivity contribution in [3.63, 3.8) is 0 Å². The van der Waals surface area contributed by atoms with Crippen molar-refractivity contribution in [1.82, 2.24) is 15.0 Å². The Kier molecular flexibility index (Phi) is 7.10. The second-order valence-corrected chi connectivity index (χ2v) is 10.2. The first-order chi connectivity index (χ1) is 17.2. The number of nitrogens with one attached hydrogen (secondary N) is 3. The summed E-state index contributed by atoms with van der Waals surface area (Å²) in [5.41, 5.74) is 5.14. The summed E-state index contributed by atoms with van der Waals surface area (Å²) in [6.07, 6.45) is 0.736. The van der Waals surface area contributed by atoms with Crippen LogP contribution in [0.1, 0.15) is 59.6 Å². The molecule has 1 aliphatic rings. The highest BCUT2D eigenvalue weighted by molar-refractivity contribution is 7.92. The molecule has 2 heterocycles. The molecule has 1 atom stereocenters. The van der Waals surface area contributed by atoms with Crippen LogP contribution in [0.4, 0.5) is 5.69 Å². The minimum atomic E-state index is -4.04. The Bertz CT molecular complexity index is 1480. The van der Waals surface area contributed by atoms with Crippen molar-refractivity contribution in [2.75, 3.05) is 16.8 Å². The van der Waals surface area contributed by atoms with Crippen LogP contribution in [-0.2, 0) is 16.4 Å². The van der Waals surface area contributed by atoms with E-state index in [0.29, 0.717) is 41.6 Å². The van der Waals surface area contributed by atoms with Gasteiger partial charge >= 0.3 is 0 Å². The zero-order chi connectivity index (χ0) is 26.0. The molecule has 0 radical (unpaired) electrons. The number of aromatic nitrogens is 2. The number of rotatable bonds is 8. The van der Waals surface area contributed by atoms with Crippen molar-refractivity contribution in [3.8, 4) is 11.8 Å². The number of amides is 1. The van der Waals surface area contributed by atoms with Crippen molar-refractivity contribution in [3.05, 3.63) is 69.8 Å². The molecule has 0 bridgehead atoms. The topological polar surface area (TPSA) is 138 Å². The number of sulfonamides is 1. The monoisotopic (exact) mass is 528 g/mol. The minimum absolute atomic E-state index is 0.0427. The number of hydrogen-bond acceptors (Lipinski definition) is 7. The van der Waals surface area contributed by atoms with Crippen LogP contribution < -0.4 is 20.2 Å². The lowest BCUT2D eigenvalue weighted by Crippen LogP contribution is -2.45. The Morgan fingerprint density at radius 3 is 2.69 bits per heavy atom. The fourth-order valence-electron chi connectivity index (χ4n) is 3.98. The van der Waals surface area contributed by atoms with E-state index in [9.17, 15) is 13.2 Å². The second kappa shape index (κ2) is 10.1. The van der Waals surface area contributed by atoms with Crippen LogP contribution in [0.5, 0.6) is 5.75 Å². The van der Waals surface area contributed by atoms with E-state index >= 15 is 0 Å². The molecule has 0 aliphatic carbocycles. The van der Waals surface area contributed by atoms with Gasteiger partial charge in [0.05, 0.1) is 33.5 Å². The molecule has 1 aromatic heterocycles. The van der Waals surface area contributed by atoms with Gasteiger partial charge < -0.3 is 10.1 Å². The highest BCUT2D eigenvalue weighted by Crippen LogP contribution is 2.31. The van der Waals surface area contributed by atoms with Crippen LogP contribution in [0.2, 0.25) is 5.02 Å². The quantitative estimate of drug-likeness (QED) is 0.403. The van der Waals surface area contributed by atoms with Crippen LogP contribution in [0, 0.1) is 18.3 Å². The van der Waals surface area contributed by atoms with E-state index in [1.807, 2.05) is 19.9 Å². The summed E-state index contributed by atoms with van der Waals surface area (Å²) in [6, 6.07) is 10.6. The smallest absolute Gasteiger partial charge is 0.273 e. The number of fused-ring (bicyclic) bond motifs is 1. The molecule has 0 saturated carbocycles. The summed E-state index contributed by atoms with van der Waals surface area (Å²) in [6.45, 7) is 5.95. The molecular formula is C24H25ClN6O4S. The van der Waals surface area contributed by atoms with E-state index in [1.54, 1.807) is 17.7 Å². The number of imidazole rings is 1. The third kappa shape index (κ3) is 4.82. The molecular weight excluding hydrogens is 504 g/mol. The van der Waals surface area contributed by atoms with Crippen LogP contribution in [-0.4, -0.2) is 30.6 Å². The average molecular weight is 529 g/mol. The number of aryl methyl sites for hydroxylation is 2. The summed E-state index contributed by atoms with van der Waals surface area (Å²) in [4.78, 5) is 17.4. The highest BCUT2D eigenvalue weighted by Gasteiger charge is 2.32. The normalized spacial score (nSPS) is 14.9. The molecule has 10 nitrogen and oxygen atoms in total. The number of nitriles is 1. The zero-order valence-corrected chi connectivity index (χ0v) is 21.5. The molecule has 3 N–H and O–H groups in total. The van der Waals surface area contributed by atoms with Gasteiger partial charge in [-0.05, 0) is 56.7 Å². The van der Waals surface area contributed by atoms with Crippen molar-refractivity contribution in [1.29, 1.82) is 5.26 Å². The lowest BCUT2D eigenvalue weighted by molar-refractivity contribution is 0.0913. The van der Waals surface area contributed by atoms with E-state index < -0.39 is 16.2 Å². The fourth-order valence-corrected chi connectivity index (χ4v) is 5.29. The Morgan fingerprint density at radius 1 is 1.25 bits per heavy atom. The molecule has 2 aromatic carbocycles. The predicted octanol–water partition coefficient (Wildman–Crippen LogP) is 3.85. The van der Waals surface area contributed by atoms with Gasteiger partial charge in [-0.3, -0.25) is 14.9 Å². The van der Waals surface area contributed by atoms with Crippen molar-refractivity contribution in [2.45, 2.75) is 44.7 Å². The van der Waals surface area contributed by atoms with Gasteiger partial charge in [0.1, 0.15) is 23.8 Å². The molecule has 0 fully saturated rings. The molecule has 0 saturated heterocycles. The highest BCUT2D eigenvalue weighted by atomic mass is 35.5. The first-order valence-corrected chi connectivity index (χ1v) is 13.2. The molecule has 3 aromatic rings. The van der Waals surface area contributed by atoms with Crippen LogP contribution >= 0.6 is 11.6 Å². The molecule has 1 unspecified atom stereocenters. The molecule has 36 heavy (non-hydrogen) atoms. The number of ether oxygens (including phenoxy) is 1. The summed E-state index contributed by atoms with van der Waals surface area (Å²) in [5, 5.41) is 12.1. The number of benzene rings is 2. The first kappa shape index (κ1) is 25.3. The van der Waals surface area contributed by atoms with Crippen LogP contribution in [0.15, 0.2) is 41.3 Å². The van der Waals surface area contributed by atoms with Gasteiger partial charge in [0.15, 0.2) is 5.69 Å². The maximum atomic E-state index is 13.2. The molecule has 0 spiro atoms. The van der Waals surface area contributed by atoms with E-state index in [2.05, 4.69) is 20.4 Å². The number of halogens is 1. The molecule has 1 amide bonds. The fraction of sp³-hybridized carbons (Fsp3) is 0.292. The number of carbonyl (C=O) groups is 1. The lowest BCUT2D eigenvalue weighted by Gasteiger charge is -2.30. The van der Waals surface area contributed by atoms with Gasteiger partial charge in [-0.2, -0.15) is 5.26 Å². The van der Waals surface area contributed by atoms with Gasteiger partial charge in [-0.15, -0.1) is 0 Å². The number of hydrogen-bond donors (Lipinski definition) is 3.